The second-order valence-electron chi connectivity index (χ2n) is 8.24. The average molecular weight is 499 g/mol. The topological polar surface area (TPSA) is 73.0 Å². The van der Waals surface area contributed by atoms with Crippen LogP contribution < -0.4 is 14.5 Å². The van der Waals surface area contributed by atoms with Gasteiger partial charge >= 0.3 is 0 Å². The molecule has 7 nitrogen and oxygen atoms in total. The highest BCUT2D eigenvalue weighted by molar-refractivity contribution is 7.92. The quantitative estimate of drug-likeness (QED) is 0.552. The van der Waals surface area contributed by atoms with E-state index in [2.05, 4.69) is 22.2 Å². The van der Waals surface area contributed by atoms with Gasteiger partial charge in [0.15, 0.2) is 0 Å². The van der Waals surface area contributed by atoms with Crippen LogP contribution in [0.25, 0.3) is 0 Å². The fraction of sp³-hybridized carbons (Fsp3) is 0.240. The van der Waals surface area contributed by atoms with Crippen molar-refractivity contribution in [3.63, 3.8) is 0 Å². The molecule has 0 radical (unpaired) electrons. The van der Waals surface area contributed by atoms with Crippen molar-refractivity contribution in [3.05, 3.63) is 83.4 Å². The summed E-state index contributed by atoms with van der Waals surface area (Å²) >= 11 is 6.26. The van der Waals surface area contributed by atoms with E-state index in [1.807, 2.05) is 30.3 Å². The summed E-state index contributed by atoms with van der Waals surface area (Å²) < 4.78 is 27.4. The Kier molecular flexibility index (Phi) is 7.11. The largest absolute Gasteiger partial charge is 0.369 e. The lowest BCUT2D eigenvalue weighted by Crippen LogP contribution is -2.44. The summed E-state index contributed by atoms with van der Waals surface area (Å²) in [6.45, 7) is 3.93. The molecule has 1 saturated heterocycles. The SMILES string of the molecule is CN1CCN(c2ccc(NC(=O)c3cc(S(=O)(=O)N(C)c4ccccc4)ccc3Cl)cc2)CC1. The molecule has 3 aromatic carbocycles. The highest BCUT2D eigenvalue weighted by Gasteiger charge is 2.24. The van der Waals surface area contributed by atoms with Crippen molar-refractivity contribution in [2.24, 2.45) is 0 Å². The number of nitrogens with one attached hydrogen (secondary N) is 1. The van der Waals surface area contributed by atoms with Gasteiger partial charge in [-0.1, -0.05) is 29.8 Å². The molecule has 1 heterocycles. The van der Waals surface area contributed by atoms with Crippen LogP contribution in [0.4, 0.5) is 17.1 Å². The summed E-state index contributed by atoms with van der Waals surface area (Å²) in [5.74, 6) is -0.475. The fourth-order valence-corrected chi connectivity index (χ4v) is 5.22. The molecule has 0 saturated carbocycles. The Balaban J connectivity index is 1.51. The molecule has 0 unspecified atom stereocenters. The molecule has 34 heavy (non-hydrogen) atoms. The van der Waals surface area contributed by atoms with E-state index >= 15 is 0 Å². The lowest BCUT2D eigenvalue weighted by molar-refractivity contribution is 0.102. The zero-order chi connectivity index (χ0) is 24.3. The Morgan fingerprint density at radius 1 is 0.941 bits per heavy atom. The van der Waals surface area contributed by atoms with Crippen LogP contribution in [-0.2, 0) is 10.0 Å². The number of hydrogen-bond donors (Lipinski definition) is 1. The summed E-state index contributed by atoms with van der Waals surface area (Å²) in [4.78, 5) is 17.5. The van der Waals surface area contributed by atoms with Crippen LogP contribution >= 0.6 is 11.6 Å². The Labute approximate surface area is 205 Å². The van der Waals surface area contributed by atoms with Crippen LogP contribution in [0.3, 0.4) is 0 Å². The van der Waals surface area contributed by atoms with Gasteiger partial charge in [-0.25, -0.2) is 8.42 Å². The van der Waals surface area contributed by atoms with E-state index in [1.54, 1.807) is 24.3 Å². The Morgan fingerprint density at radius 3 is 2.24 bits per heavy atom. The van der Waals surface area contributed by atoms with Crippen molar-refractivity contribution in [3.8, 4) is 0 Å². The number of likely N-dealkylation sites (N-methyl/N-ethyl adjacent to an activating group) is 1. The first-order valence-corrected chi connectivity index (χ1v) is 12.8. The number of rotatable bonds is 6. The predicted octanol–water partition coefficient (Wildman–Crippen LogP) is 4.17. The van der Waals surface area contributed by atoms with Crippen LogP contribution in [0, 0.1) is 0 Å². The highest BCUT2D eigenvalue weighted by atomic mass is 35.5. The van der Waals surface area contributed by atoms with Gasteiger partial charge in [-0.15, -0.1) is 0 Å². The van der Waals surface area contributed by atoms with Gasteiger partial charge in [0.05, 0.1) is 21.2 Å². The first-order chi connectivity index (χ1) is 16.3. The van der Waals surface area contributed by atoms with Crippen molar-refractivity contribution >= 4 is 44.6 Å². The number of para-hydroxylation sites is 1. The number of sulfonamides is 1. The molecule has 0 bridgehead atoms. The minimum atomic E-state index is -3.87. The Morgan fingerprint density at radius 2 is 1.59 bits per heavy atom. The van der Waals surface area contributed by atoms with Gasteiger partial charge in [0, 0.05) is 44.6 Å². The van der Waals surface area contributed by atoms with E-state index in [1.165, 1.54) is 29.6 Å². The minimum absolute atomic E-state index is 0.0150. The van der Waals surface area contributed by atoms with Gasteiger partial charge in [0.25, 0.3) is 15.9 Å². The maximum absolute atomic E-state index is 13.1. The van der Waals surface area contributed by atoms with Crippen molar-refractivity contribution in [2.45, 2.75) is 4.90 Å². The summed E-state index contributed by atoms with van der Waals surface area (Å²) in [6.07, 6.45) is 0. The molecule has 1 amide bonds. The molecule has 178 valence electrons. The molecule has 1 N–H and O–H groups in total. The molecule has 0 aromatic heterocycles. The molecular formula is C25H27ClN4O3S. The first kappa shape index (κ1) is 24.1. The summed E-state index contributed by atoms with van der Waals surface area (Å²) in [7, 11) is -0.289. The number of carbonyl (C=O) groups excluding carboxylic acids is 1. The molecular weight excluding hydrogens is 472 g/mol. The van der Waals surface area contributed by atoms with Gasteiger partial charge in [-0.3, -0.25) is 9.10 Å². The third-order valence-corrected chi connectivity index (χ3v) is 8.07. The fourth-order valence-electron chi connectivity index (χ4n) is 3.79. The van der Waals surface area contributed by atoms with Gasteiger partial charge in [-0.05, 0) is 61.6 Å². The molecule has 0 atom stereocenters. The van der Waals surface area contributed by atoms with Gasteiger partial charge in [0.1, 0.15) is 0 Å². The van der Waals surface area contributed by atoms with E-state index < -0.39 is 15.9 Å². The maximum Gasteiger partial charge on any atom is 0.264 e. The van der Waals surface area contributed by atoms with E-state index in [-0.39, 0.29) is 15.5 Å². The average Bonchev–Trinajstić information content (AvgIpc) is 2.85. The summed E-state index contributed by atoms with van der Waals surface area (Å²) in [5, 5.41) is 2.99. The van der Waals surface area contributed by atoms with E-state index in [4.69, 9.17) is 11.6 Å². The van der Waals surface area contributed by atoms with Crippen molar-refractivity contribution in [1.82, 2.24) is 4.90 Å². The number of hydrogen-bond acceptors (Lipinski definition) is 5. The summed E-state index contributed by atoms with van der Waals surface area (Å²) in [5.41, 5.74) is 2.31. The number of carbonyl (C=O) groups is 1. The number of anilines is 3. The molecule has 9 heteroatoms. The molecule has 4 rings (SSSR count). The Hall–Kier alpha value is -3.07. The molecule has 1 fully saturated rings. The van der Waals surface area contributed by atoms with Gasteiger partial charge in [0.2, 0.25) is 0 Å². The second kappa shape index (κ2) is 10.0. The molecule has 0 spiro atoms. The second-order valence-corrected chi connectivity index (χ2v) is 10.6. The smallest absolute Gasteiger partial charge is 0.264 e. The number of halogens is 1. The molecule has 0 aliphatic carbocycles. The van der Waals surface area contributed by atoms with E-state index in [0.717, 1.165) is 31.9 Å². The normalized spacial score (nSPS) is 14.6. The van der Waals surface area contributed by atoms with Crippen molar-refractivity contribution in [1.29, 1.82) is 0 Å². The highest BCUT2D eigenvalue weighted by Crippen LogP contribution is 2.27. The lowest BCUT2D eigenvalue weighted by Gasteiger charge is -2.34. The molecule has 1 aliphatic heterocycles. The number of piperazine rings is 1. The zero-order valence-corrected chi connectivity index (χ0v) is 20.7. The van der Waals surface area contributed by atoms with E-state index in [9.17, 15) is 13.2 Å². The van der Waals surface area contributed by atoms with Crippen LogP contribution in [0.15, 0.2) is 77.7 Å². The van der Waals surface area contributed by atoms with E-state index in [0.29, 0.717) is 11.4 Å². The number of benzene rings is 3. The summed E-state index contributed by atoms with van der Waals surface area (Å²) in [6, 6.07) is 20.5. The van der Waals surface area contributed by atoms with Crippen LogP contribution in [0.5, 0.6) is 0 Å². The van der Waals surface area contributed by atoms with Crippen LogP contribution in [-0.4, -0.2) is 59.5 Å². The lowest BCUT2D eigenvalue weighted by atomic mass is 10.2. The Bertz CT molecular complexity index is 1260. The van der Waals surface area contributed by atoms with Crippen LogP contribution in [0.2, 0.25) is 5.02 Å². The standard InChI is InChI=1S/C25H27ClN4O3S/c1-28-14-16-30(17-15-28)21-10-8-19(9-11-21)27-25(31)23-18-22(12-13-24(23)26)34(32,33)29(2)20-6-4-3-5-7-20/h3-13,18H,14-17H2,1-2H3,(H,27,31). The predicted molar refractivity (Wildman–Crippen MR) is 138 cm³/mol. The van der Waals surface area contributed by atoms with Crippen LogP contribution in [0.1, 0.15) is 10.4 Å². The van der Waals surface area contributed by atoms with Gasteiger partial charge < -0.3 is 15.1 Å². The third-order valence-electron chi connectivity index (χ3n) is 5.95. The number of nitrogens with zero attached hydrogens (tertiary/aromatic N) is 3. The van der Waals surface area contributed by atoms with Crippen molar-refractivity contribution < 1.29 is 13.2 Å². The van der Waals surface area contributed by atoms with Gasteiger partial charge in [-0.2, -0.15) is 0 Å². The molecule has 3 aromatic rings. The monoisotopic (exact) mass is 498 g/mol. The van der Waals surface area contributed by atoms with Crippen molar-refractivity contribution in [2.75, 3.05) is 54.8 Å². The third kappa shape index (κ3) is 5.19. The molecule has 1 aliphatic rings. The maximum atomic E-state index is 13.1. The zero-order valence-electron chi connectivity index (χ0n) is 19.1. The number of amides is 1. The minimum Gasteiger partial charge on any atom is -0.369 e. The first-order valence-electron chi connectivity index (χ1n) is 10.9.